The minimum Gasteiger partial charge on any atom is -0.375 e. The topological polar surface area (TPSA) is 38.3 Å². The maximum Gasteiger partial charge on any atom is 0.229 e. The van der Waals surface area contributed by atoms with Crippen LogP contribution >= 0.6 is 23.2 Å². The fourth-order valence-electron chi connectivity index (χ4n) is 3.09. The number of benzene rings is 1. The highest BCUT2D eigenvalue weighted by atomic mass is 35.5. The zero-order valence-electron chi connectivity index (χ0n) is 13.8. The van der Waals surface area contributed by atoms with Gasteiger partial charge in [-0.15, -0.1) is 23.2 Å². The van der Waals surface area contributed by atoms with E-state index in [0.29, 0.717) is 6.42 Å². The quantitative estimate of drug-likeness (QED) is 0.720. The molecule has 1 aliphatic carbocycles. The zero-order valence-corrected chi connectivity index (χ0v) is 15.3. The van der Waals surface area contributed by atoms with Crippen molar-refractivity contribution in [3.63, 3.8) is 0 Å². The number of hydrogen-bond donors (Lipinski definition) is 1. The Kier molecular flexibility index (Phi) is 5.78. The molecular formula is C17H21Cl2F2NO2. The molecule has 0 radical (unpaired) electrons. The lowest BCUT2D eigenvalue weighted by Gasteiger charge is -2.20. The lowest BCUT2D eigenvalue weighted by molar-refractivity contribution is -0.128. The van der Waals surface area contributed by atoms with E-state index in [2.05, 4.69) is 5.32 Å². The fraction of sp³-hybridized carbons (Fsp3) is 0.588. The molecule has 2 rings (SSSR count). The Hall–Kier alpha value is -0.910. The summed E-state index contributed by atoms with van der Waals surface area (Å²) >= 11 is 12.4. The largest absolute Gasteiger partial charge is 0.375 e. The molecule has 0 aromatic heterocycles. The monoisotopic (exact) mass is 379 g/mol. The molecule has 24 heavy (non-hydrogen) atoms. The van der Waals surface area contributed by atoms with Crippen LogP contribution in [0.3, 0.4) is 0 Å². The molecule has 0 unspecified atom stereocenters. The predicted octanol–water partition coefficient (Wildman–Crippen LogP) is 4.21. The van der Waals surface area contributed by atoms with Crippen LogP contribution in [-0.2, 0) is 16.1 Å². The maximum absolute atomic E-state index is 13.5. The summed E-state index contributed by atoms with van der Waals surface area (Å²) in [6.45, 7) is 5.56. The van der Waals surface area contributed by atoms with Gasteiger partial charge in [-0.25, -0.2) is 8.78 Å². The highest BCUT2D eigenvalue weighted by Gasteiger charge is 2.76. The average molecular weight is 380 g/mol. The summed E-state index contributed by atoms with van der Waals surface area (Å²) in [7, 11) is 0. The highest BCUT2D eigenvalue weighted by molar-refractivity contribution is 6.53. The number of amides is 1. The van der Waals surface area contributed by atoms with Crippen molar-refractivity contribution < 1.29 is 18.3 Å². The van der Waals surface area contributed by atoms with Crippen LogP contribution in [0.2, 0.25) is 0 Å². The van der Waals surface area contributed by atoms with Crippen LogP contribution in [0.5, 0.6) is 0 Å². The van der Waals surface area contributed by atoms with Gasteiger partial charge in [-0.05, 0) is 19.4 Å². The lowest BCUT2D eigenvalue weighted by Crippen LogP contribution is -2.42. The molecule has 3 atom stereocenters. The maximum atomic E-state index is 13.5. The van der Waals surface area contributed by atoms with Crippen molar-refractivity contribution in [2.24, 2.45) is 11.3 Å². The van der Waals surface area contributed by atoms with Gasteiger partial charge < -0.3 is 10.1 Å². The highest BCUT2D eigenvalue weighted by Crippen LogP contribution is 2.70. The van der Waals surface area contributed by atoms with E-state index >= 15 is 0 Å². The SMILES string of the molecule is CC[C@@]1(C(=O)N[C@H](C)COCc2cccc(F)c2F)[C@H](C)C1(Cl)Cl. The Balaban J connectivity index is 1.85. The Morgan fingerprint density at radius 1 is 1.42 bits per heavy atom. The summed E-state index contributed by atoms with van der Waals surface area (Å²) < 4.78 is 30.9. The second-order valence-corrected chi connectivity index (χ2v) is 7.66. The predicted molar refractivity (Wildman–Crippen MR) is 89.9 cm³/mol. The number of halogens is 4. The second kappa shape index (κ2) is 7.14. The summed E-state index contributed by atoms with van der Waals surface area (Å²) in [6.07, 6.45) is 0.537. The van der Waals surface area contributed by atoms with Crippen LogP contribution in [0, 0.1) is 23.0 Å². The summed E-state index contributed by atoms with van der Waals surface area (Å²) in [5.41, 5.74) is -0.658. The van der Waals surface area contributed by atoms with Gasteiger partial charge in [0.05, 0.1) is 18.6 Å². The van der Waals surface area contributed by atoms with Crippen molar-refractivity contribution in [2.45, 2.75) is 44.2 Å². The number of alkyl halides is 2. The Morgan fingerprint density at radius 3 is 2.58 bits per heavy atom. The van der Waals surface area contributed by atoms with Crippen LogP contribution in [-0.4, -0.2) is 22.9 Å². The minimum absolute atomic E-state index is 0.0753. The number of carbonyl (C=O) groups excluding carboxylic acids is 1. The van der Waals surface area contributed by atoms with Crippen LogP contribution in [0.15, 0.2) is 18.2 Å². The molecule has 0 saturated heterocycles. The van der Waals surface area contributed by atoms with E-state index in [0.717, 1.165) is 6.07 Å². The normalized spacial score (nSPS) is 26.0. The van der Waals surface area contributed by atoms with Crippen LogP contribution in [0.25, 0.3) is 0 Å². The van der Waals surface area contributed by atoms with E-state index in [1.165, 1.54) is 12.1 Å². The first-order chi connectivity index (χ1) is 11.2. The van der Waals surface area contributed by atoms with Crippen molar-refractivity contribution in [2.75, 3.05) is 6.61 Å². The molecule has 0 bridgehead atoms. The number of ether oxygens (including phenoxy) is 1. The third kappa shape index (κ3) is 3.26. The molecule has 1 aliphatic rings. The van der Waals surface area contributed by atoms with Crippen LogP contribution in [0.1, 0.15) is 32.8 Å². The van der Waals surface area contributed by atoms with Crippen LogP contribution < -0.4 is 5.32 Å². The van der Waals surface area contributed by atoms with Crippen molar-refractivity contribution in [1.29, 1.82) is 0 Å². The molecule has 134 valence electrons. The molecule has 0 heterocycles. The van der Waals surface area contributed by atoms with E-state index in [9.17, 15) is 13.6 Å². The van der Waals surface area contributed by atoms with E-state index in [1.807, 2.05) is 13.8 Å². The molecule has 1 N–H and O–H groups in total. The first kappa shape index (κ1) is 19.4. The Labute approximate surface area is 150 Å². The number of hydrogen-bond acceptors (Lipinski definition) is 2. The van der Waals surface area contributed by atoms with Gasteiger partial charge in [-0.2, -0.15) is 0 Å². The first-order valence-electron chi connectivity index (χ1n) is 7.87. The molecule has 0 aliphatic heterocycles. The zero-order chi connectivity index (χ0) is 18.1. The van der Waals surface area contributed by atoms with Crippen molar-refractivity contribution in [3.8, 4) is 0 Å². The lowest BCUT2D eigenvalue weighted by atomic mass is 9.99. The molecule has 1 fully saturated rings. The molecular weight excluding hydrogens is 359 g/mol. The summed E-state index contributed by atoms with van der Waals surface area (Å²) in [6, 6.07) is 3.61. The third-order valence-corrected chi connectivity index (χ3v) is 6.12. The number of rotatable bonds is 7. The van der Waals surface area contributed by atoms with Gasteiger partial charge >= 0.3 is 0 Å². The van der Waals surface area contributed by atoms with E-state index in [1.54, 1.807) is 6.92 Å². The van der Waals surface area contributed by atoms with E-state index in [4.69, 9.17) is 27.9 Å². The van der Waals surface area contributed by atoms with Gasteiger partial charge in [0.1, 0.15) is 4.33 Å². The Morgan fingerprint density at radius 2 is 2.04 bits per heavy atom. The second-order valence-electron chi connectivity index (χ2n) is 6.27. The summed E-state index contributed by atoms with van der Waals surface area (Å²) in [4.78, 5) is 12.5. The van der Waals surface area contributed by atoms with Gasteiger partial charge in [-0.1, -0.05) is 26.0 Å². The number of nitrogens with one attached hydrogen (secondary N) is 1. The molecule has 1 saturated carbocycles. The summed E-state index contributed by atoms with van der Waals surface area (Å²) in [5, 5.41) is 2.83. The van der Waals surface area contributed by atoms with Crippen LogP contribution in [0.4, 0.5) is 8.78 Å². The smallest absolute Gasteiger partial charge is 0.229 e. The van der Waals surface area contributed by atoms with Crippen molar-refractivity contribution in [1.82, 2.24) is 5.32 Å². The standard InChI is InChI=1S/C17H21Cl2F2NO2/c1-4-16(11(3)17(16,18)19)15(23)22-10(2)8-24-9-12-6-5-7-13(20)14(12)21/h5-7,10-11H,4,8-9H2,1-3H3,(H,22,23)/t10-,11+,16+/m1/s1. The van der Waals surface area contributed by atoms with Gasteiger partial charge in [0.25, 0.3) is 0 Å². The number of carbonyl (C=O) groups is 1. The molecule has 1 aromatic carbocycles. The molecule has 3 nitrogen and oxygen atoms in total. The van der Waals surface area contributed by atoms with Crippen molar-refractivity contribution >= 4 is 29.1 Å². The summed E-state index contributed by atoms with van der Waals surface area (Å²) in [5.74, 6) is -2.17. The fourth-order valence-corrected chi connectivity index (χ4v) is 4.12. The van der Waals surface area contributed by atoms with E-state index < -0.39 is 21.4 Å². The van der Waals surface area contributed by atoms with Gasteiger partial charge in [0, 0.05) is 17.5 Å². The first-order valence-corrected chi connectivity index (χ1v) is 8.63. The molecule has 1 aromatic rings. The third-order valence-electron chi connectivity index (χ3n) is 4.79. The van der Waals surface area contributed by atoms with Gasteiger partial charge in [0.2, 0.25) is 5.91 Å². The molecule has 7 heteroatoms. The average Bonchev–Trinajstić information content (AvgIpc) is 2.96. The minimum atomic E-state index is -1.06. The molecule has 1 amide bonds. The molecule has 0 spiro atoms. The Bertz CT molecular complexity index is 627. The van der Waals surface area contributed by atoms with E-state index in [-0.39, 0.29) is 36.6 Å². The van der Waals surface area contributed by atoms with Gasteiger partial charge in [-0.3, -0.25) is 4.79 Å². The van der Waals surface area contributed by atoms with Gasteiger partial charge in [0.15, 0.2) is 11.6 Å². The van der Waals surface area contributed by atoms with Crippen molar-refractivity contribution in [3.05, 3.63) is 35.4 Å².